The summed E-state index contributed by atoms with van der Waals surface area (Å²) in [5, 5.41) is 8.67. The lowest BCUT2D eigenvalue weighted by Gasteiger charge is -2.20. The smallest absolute Gasteiger partial charge is 0.222 e. The van der Waals surface area contributed by atoms with E-state index in [9.17, 15) is 9.18 Å². The third-order valence-corrected chi connectivity index (χ3v) is 3.31. The largest absolute Gasteiger partial charge is 0.384 e. The van der Waals surface area contributed by atoms with Crippen LogP contribution >= 0.6 is 0 Å². The number of nitrogens with zero attached hydrogens (tertiary/aromatic N) is 1. The van der Waals surface area contributed by atoms with E-state index >= 15 is 0 Å². The van der Waals surface area contributed by atoms with Gasteiger partial charge in [0.1, 0.15) is 12.4 Å². The normalized spacial score (nSPS) is 15.5. The molecule has 4 heteroatoms. The molecule has 20 heavy (non-hydrogen) atoms. The number of rotatable bonds is 2. The molecule has 1 heterocycles. The standard InChI is InChI=1S/C16H18FNO2/c17-15-10-13(5-4-8-19)9-14(11-15)12-18-7-3-1-2-6-16(18)20/h9-11,19H,1-3,6-8,12H2. The van der Waals surface area contributed by atoms with Crippen molar-refractivity contribution >= 4 is 5.91 Å². The van der Waals surface area contributed by atoms with Gasteiger partial charge in [-0.2, -0.15) is 0 Å². The van der Waals surface area contributed by atoms with Gasteiger partial charge in [0, 0.05) is 25.1 Å². The highest BCUT2D eigenvalue weighted by Gasteiger charge is 2.17. The molecule has 0 radical (unpaired) electrons. The average Bonchev–Trinajstić information content (AvgIpc) is 2.61. The predicted molar refractivity (Wildman–Crippen MR) is 74.2 cm³/mol. The number of halogens is 1. The average molecular weight is 275 g/mol. The van der Waals surface area contributed by atoms with E-state index in [1.807, 2.05) is 0 Å². The van der Waals surface area contributed by atoms with Gasteiger partial charge in [-0.3, -0.25) is 4.79 Å². The molecule has 3 nitrogen and oxygen atoms in total. The van der Waals surface area contributed by atoms with Gasteiger partial charge >= 0.3 is 0 Å². The van der Waals surface area contributed by atoms with E-state index in [0.29, 0.717) is 18.5 Å². The van der Waals surface area contributed by atoms with Crippen LogP contribution in [-0.4, -0.2) is 29.1 Å². The fourth-order valence-corrected chi connectivity index (χ4v) is 2.38. The molecule has 0 bridgehead atoms. The molecule has 0 saturated carbocycles. The highest BCUT2D eigenvalue weighted by Crippen LogP contribution is 2.16. The molecular formula is C16H18FNO2. The summed E-state index contributed by atoms with van der Waals surface area (Å²) < 4.78 is 13.6. The van der Waals surface area contributed by atoms with Crippen LogP contribution in [0.25, 0.3) is 0 Å². The first-order chi connectivity index (χ1) is 9.69. The lowest BCUT2D eigenvalue weighted by Crippen LogP contribution is -2.29. The zero-order valence-corrected chi connectivity index (χ0v) is 11.4. The van der Waals surface area contributed by atoms with Gasteiger partial charge < -0.3 is 10.0 Å². The topological polar surface area (TPSA) is 40.5 Å². The van der Waals surface area contributed by atoms with Gasteiger partial charge in [0.05, 0.1) is 0 Å². The maximum absolute atomic E-state index is 13.6. The third-order valence-electron chi connectivity index (χ3n) is 3.31. The monoisotopic (exact) mass is 275 g/mol. The van der Waals surface area contributed by atoms with E-state index in [-0.39, 0.29) is 18.3 Å². The van der Waals surface area contributed by atoms with Gasteiger partial charge in [-0.1, -0.05) is 18.3 Å². The number of carbonyl (C=O) groups excluding carboxylic acids is 1. The maximum Gasteiger partial charge on any atom is 0.222 e. The summed E-state index contributed by atoms with van der Waals surface area (Å²) in [6, 6.07) is 4.53. The Morgan fingerprint density at radius 1 is 1.25 bits per heavy atom. The third kappa shape index (κ3) is 4.07. The lowest BCUT2D eigenvalue weighted by atomic mass is 10.1. The summed E-state index contributed by atoms with van der Waals surface area (Å²) in [6.45, 7) is 0.897. The number of aliphatic hydroxyl groups is 1. The minimum Gasteiger partial charge on any atom is -0.384 e. The zero-order chi connectivity index (χ0) is 14.4. The summed E-state index contributed by atoms with van der Waals surface area (Å²) in [7, 11) is 0. The van der Waals surface area contributed by atoms with E-state index in [1.165, 1.54) is 12.1 Å². The van der Waals surface area contributed by atoms with Crippen LogP contribution in [-0.2, 0) is 11.3 Å². The van der Waals surface area contributed by atoms with Crippen LogP contribution in [0.2, 0.25) is 0 Å². The van der Waals surface area contributed by atoms with Crippen molar-refractivity contribution in [3.63, 3.8) is 0 Å². The van der Waals surface area contributed by atoms with Crippen molar-refractivity contribution in [1.29, 1.82) is 0 Å². The van der Waals surface area contributed by atoms with Crippen LogP contribution in [0.3, 0.4) is 0 Å². The summed E-state index contributed by atoms with van der Waals surface area (Å²) in [5.41, 5.74) is 1.26. The van der Waals surface area contributed by atoms with Crippen LogP contribution in [0.4, 0.5) is 4.39 Å². The number of aliphatic hydroxyl groups excluding tert-OH is 1. The second-order valence-electron chi connectivity index (χ2n) is 4.93. The zero-order valence-electron chi connectivity index (χ0n) is 11.4. The molecule has 1 N–H and O–H groups in total. The Morgan fingerprint density at radius 3 is 2.90 bits per heavy atom. The molecule has 1 aliphatic heterocycles. The van der Waals surface area contributed by atoms with Gasteiger partial charge in [-0.25, -0.2) is 4.39 Å². The Labute approximate surface area is 118 Å². The molecule has 2 rings (SSSR count). The lowest BCUT2D eigenvalue weighted by molar-refractivity contribution is -0.131. The second-order valence-corrected chi connectivity index (χ2v) is 4.93. The van der Waals surface area contributed by atoms with Crippen LogP contribution in [0.1, 0.15) is 36.8 Å². The van der Waals surface area contributed by atoms with Crippen LogP contribution in [0.5, 0.6) is 0 Å². The van der Waals surface area contributed by atoms with Crippen molar-refractivity contribution in [2.45, 2.75) is 32.2 Å². The van der Waals surface area contributed by atoms with E-state index < -0.39 is 0 Å². The first-order valence-electron chi connectivity index (χ1n) is 6.86. The van der Waals surface area contributed by atoms with Gasteiger partial charge in [-0.05, 0) is 36.6 Å². The van der Waals surface area contributed by atoms with Gasteiger partial charge in [0.25, 0.3) is 0 Å². The highest BCUT2D eigenvalue weighted by molar-refractivity contribution is 5.76. The Balaban J connectivity index is 2.15. The van der Waals surface area contributed by atoms with Crippen molar-refractivity contribution in [1.82, 2.24) is 4.90 Å². The van der Waals surface area contributed by atoms with E-state index in [4.69, 9.17) is 5.11 Å². The minimum atomic E-state index is -0.369. The SMILES string of the molecule is O=C1CCCCCN1Cc1cc(F)cc(C#CCO)c1. The molecular weight excluding hydrogens is 257 g/mol. The number of hydrogen-bond acceptors (Lipinski definition) is 2. The molecule has 1 fully saturated rings. The van der Waals surface area contributed by atoms with Crippen molar-refractivity contribution in [3.8, 4) is 11.8 Å². The van der Waals surface area contributed by atoms with Crippen LogP contribution in [0, 0.1) is 17.7 Å². The van der Waals surface area contributed by atoms with E-state index in [0.717, 1.165) is 31.4 Å². The van der Waals surface area contributed by atoms with Crippen molar-refractivity contribution in [3.05, 3.63) is 35.1 Å². The molecule has 106 valence electrons. The van der Waals surface area contributed by atoms with E-state index in [1.54, 1.807) is 11.0 Å². The molecule has 1 amide bonds. The molecule has 0 unspecified atom stereocenters. The van der Waals surface area contributed by atoms with Crippen molar-refractivity contribution in [2.24, 2.45) is 0 Å². The van der Waals surface area contributed by atoms with E-state index in [2.05, 4.69) is 11.8 Å². The van der Waals surface area contributed by atoms with Gasteiger partial charge in [0.15, 0.2) is 0 Å². The molecule has 0 atom stereocenters. The predicted octanol–water partition coefficient (Wildman–Crippen LogP) is 2.07. The fraction of sp³-hybridized carbons (Fsp3) is 0.438. The van der Waals surface area contributed by atoms with Gasteiger partial charge in [0.2, 0.25) is 5.91 Å². The molecule has 0 aromatic heterocycles. The highest BCUT2D eigenvalue weighted by atomic mass is 19.1. The molecule has 1 aliphatic rings. The second kappa shape index (κ2) is 7.06. The summed E-state index contributed by atoms with van der Waals surface area (Å²) in [6.07, 6.45) is 3.58. The molecule has 0 aliphatic carbocycles. The first-order valence-corrected chi connectivity index (χ1v) is 6.86. The number of carbonyl (C=O) groups is 1. The van der Waals surface area contributed by atoms with Gasteiger partial charge in [-0.15, -0.1) is 0 Å². The molecule has 1 saturated heterocycles. The molecule has 1 aromatic rings. The fourth-order valence-electron chi connectivity index (χ4n) is 2.38. The summed E-state index contributed by atoms with van der Waals surface area (Å²) in [5.74, 6) is 4.96. The Morgan fingerprint density at radius 2 is 2.10 bits per heavy atom. The quantitative estimate of drug-likeness (QED) is 0.839. The number of benzene rings is 1. The first kappa shape index (κ1) is 14.5. The summed E-state index contributed by atoms with van der Waals surface area (Å²) >= 11 is 0. The number of likely N-dealkylation sites (tertiary alicyclic amines) is 1. The Kier molecular flexibility index (Phi) is 5.14. The number of hydrogen-bond donors (Lipinski definition) is 1. The minimum absolute atomic E-state index is 0.134. The van der Waals surface area contributed by atoms with Crippen LogP contribution in [0.15, 0.2) is 18.2 Å². The molecule has 0 spiro atoms. The van der Waals surface area contributed by atoms with Crippen molar-refractivity contribution < 1.29 is 14.3 Å². The number of amides is 1. The van der Waals surface area contributed by atoms with Crippen molar-refractivity contribution in [2.75, 3.05) is 13.2 Å². The summed E-state index contributed by atoms with van der Waals surface area (Å²) in [4.78, 5) is 13.7. The molecule has 1 aromatic carbocycles. The Bertz CT molecular complexity index is 545. The van der Waals surface area contributed by atoms with Crippen LogP contribution < -0.4 is 0 Å². The Hall–Kier alpha value is -1.86. The maximum atomic E-state index is 13.6.